The molecule has 1 aromatic rings. The third-order valence-electron chi connectivity index (χ3n) is 7.68. The smallest absolute Gasteiger partial charge is 0.306 e. The first-order valence-corrected chi connectivity index (χ1v) is 10.6. The number of fused-ring (bicyclic) bond motifs is 5. The third-order valence-corrected chi connectivity index (χ3v) is 7.68. The molecule has 0 bridgehead atoms. The Balaban J connectivity index is 1.69. The zero-order valence-electron chi connectivity index (χ0n) is 16.5. The van der Waals surface area contributed by atoms with Gasteiger partial charge in [-0.2, -0.15) is 0 Å². The number of hydrogen-bond donors (Lipinski definition) is 2. The molecule has 4 heteroatoms. The number of carbonyl (C=O) groups excluding carboxylic acids is 1. The number of benzene rings is 1. The van der Waals surface area contributed by atoms with Gasteiger partial charge >= 0.3 is 5.97 Å². The van der Waals surface area contributed by atoms with E-state index < -0.39 is 0 Å². The van der Waals surface area contributed by atoms with Gasteiger partial charge in [-0.3, -0.25) is 4.79 Å². The molecule has 0 radical (unpaired) electrons. The Kier molecular flexibility index (Phi) is 4.96. The molecule has 4 rings (SSSR count). The predicted molar refractivity (Wildman–Crippen MR) is 103 cm³/mol. The molecule has 0 aliphatic heterocycles. The summed E-state index contributed by atoms with van der Waals surface area (Å²) >= 11 is 0. The van der Waals surface area contributed by atoms with Crippen LogP contribution < -0.4 is 0 Å². The van der Waals surface area contributed by atoms with Gasteiger partial charge in [0.1, 0.15) is 5.75 Å². The second-order valence-electron chi connectivity index (χ2n) is 9.21. The normalized spacial score (nSPS) is 37.2. The third kappa shape index (κ3) is 3.16. The van der Waals surface area contributed by atoms with Crippen LogP contribution in [0.4, 0.5) is 0 Å². The van der Waals surface area contributed by atoms with E-state index in [-0.39, 0.29) is 23.4 Å². The molecule has 6 atom stereocenters. The molecule has 148 valence electrons. The van der Waals surface area contributed by atoms with Gasteiger partial charge in [0.05, 0.1) is 12.7 Å². The molecule has 3 aliphatic rings. The van der Waals surface area contributed by atoms with Crippen molar-refractivity contribution in [3.8, 4) is 5.75 Å². The molecule has 3 aliphatic carbocycles. The number of aliphatic hydroxyl groups is 1. The topological polar surface area (TPSA) is 66.8 Å². The zero-order valence-corrected chi connectivity index (χ0v) is 16.5. The minimum atomic E-state index is -0.265. The van der Waals surface area contributed by atoms with E-state index in [9.17, 15) is 15.0 Å². The Hall–Kier alpha value is -1.55. The van der Waals surface area contributed by atoms with Crippen LogP contribution in [0.15, 0.2) is 18.2 Å². The van der Waals surface area contributed by atoms with E-state index in [4.69, 9.17) is 4.74 Å². The fourth-order valence-corrected chi connectivity index (χ4v) is 6.54. The van der Waals surface area contributed by atoms with E-state index in [1.807, 2.05) is 13.0 Å². The first-order valence-electron chi connectivity index (χ1n) is 10.6. The van der Waals surface area contributed by atoms with Crippen LogP contribution in [0, 0.1) is 23.2 Å². The maximum absolute atomic E-state index is 12.5. The molecular weight excluding hydrogens is 340 g/mol. The number of rotatable bonds is 4. The van der Waals surface area contributed by atoms with Gasteiger partial charge in [-0.1, -0.05) is 19.9 Å². The highest BCUT2D eigenvalue weighted by molar-refractivity contribution is 5.70. The van der Waals surface area contributed by atoms with Crippen LogP contribution >= 0.6 is 0 Å². The van der Waals surface area contributed by atoms with Gasteiger partial charge < -0.3 is 14.9 Å². The first-order chi connectivity index (χ1) is 12.9. The standard InChI is InChI=1S/C23H32O4/c1-3-10-27-21(26)12-15-13-23(2)19(8-9-20(23)25)18-6-4-14-11-16(24)5-7-17(14)22(15)18/h5,7,11,15,18-20,22,24-25H,3-4,6,8-10,12-13H2,1-2H3/t15-,18-,19-,20-,22+,23-/m0/s1. The average molecular weight is 373 g/mol. The fraction of sp³-hybridized carbons (Fsp3) is 0.696. The van der Waals surface area contributed by atoms with Gasteiger partial charge in [0.2, 0.25) is 0 Å². The van der Waals surface area contributed by atoms with E-state index in [1.165, 1.54) is 11.1 Å². The molecule has 27 heavy (non-hydrogen) atoms. The van der Waals surface area contributed by atoms with Crippen LogP contribution in [-0.4, -0.2) is 28.9 Å². The van der Waals surface area contributed by atoms with Crippen LogP contribution in [0.25, 0.3) is 0 Å². The van der Waals surface area contributed by atoms with E-state index >= 15 is 0 Å². The molecular formula is C23H32O4. The lowest BCUT2D eigenvalue weighted by Crippen LogP contribution is -2.48. The lowest BCUT2D eigenvalue weighted by atomic mass is 9.51. The molecule has 2 saturated carbocycles. The molecule has 0 heterocycles. The van der Waals surface area contributed by atoms with Crippen molar-refractivity contribution in [2.24, 2.45) is 23.2 Å². The molecule has 2 N–H and O–H groups in total. The van der Waals surface area contributed by atoms with Crippen LogP contribution in [0.2, 0.25) is 0 Å². The average Bonchev–Trinajstić information content (AvgIpc) is 2.94. The number of hydrogen-bond acceptors (Lipinski definition) is 4. The summed E-state index contributed by atoms with van der Waals surface area (Å²) in [6.45, 7) is 4.73. The van der Waals surface area contributed by atoms with Crippen molar-refractivity contribution in [1.82, 2.24) is 0 Å². The molecule has 2 fully saturated rings. The largest absolute Gasteiger partial charge is 0.508 e. The highest BCUT2D eigenvalue weighted by Crippen LogP contribution is 2.63. The van der Waals surface area contributed by atoms with Crippen LogP contribution in [0.3, 0.4) is 0 Å². The monoisotopic (exact) mass is 372 g/mol. The minimum absolute atomic E-state index is 0.0920. The first kappa shape index (κ1) is 18.8. The van der Waals surface area contributed by atoms with Crippen LogP contribution in [0.1, 0.15) is 69.4 Å². The SMILES string of the molecule is CCCOC(=O)C[C@H]1C[C@]2(C)[C@@H](O)CC[C@H]2[C@@H]2CCc3cc(O)ccc3[C@@H]12. The van der Waals surface area contributed by atoms with Crippen molar-refractivity contribution >= 4 is 5.97 Å². The summed E-state index contributed by atoms with van der Waals surface area (Å²) in [7, 11) is 0. The Morgan fingerprint density at radius 1 is 1.30 bits per heavy atom. The van der Waals surface area contributed by atoms with Crippen molar-refractivity contribution in [2.45, 2.75) is 70.8 Å². The van der Waals surface area contributed by atoms with E-state index in [0.717, 1.165) is 38.5 Å². The zero-order chi connectivity index (χ0) is 19.2. The maximum Gasteiger partial charge on any atom is 0.306 e. The Labute approximate surface area is 161 Å². The van der Waals surface area contributed by atoms with E-state index in [1.54, 1.807) is 6.07 Å². The van der Waals surface area contributed by atoms with Gasteiger partial charge in [0.25, 0.3) is 0 Å². The van der Waals surface area contributed by atoms with Gasteiger partial charge in [-0.25, -0.2) is 0 Å². The van der Waals surface area contributed by atoms with Crippen molar-refractivity contribution in [1.29, 1.82) is 0 Å². The molecule has 0 unspecified atom stereocenters. The summed E-state index contributed by atoms with van der Waals surface area (Å²) in [5.74, 6) is 1.75. The van der Waals surface area contributed by atoms with Gasteiger partial charge in [-0.15, -0.1) is 0 Å². The highest BCUT2D eigenvalue weighted by Gasteiger charge is 2.57. The second-order valence-corrected chi connectivity index (χ2v) is 9.21. The highest BCUT2D eigenvalue weighted by atomic mass is 16.5. The van der Waals surface area contributed by atoms with Crippen molar-refractivity contribution in [3.63, 3.8) is 0 Å². The Bertz CT molecular complexity index is 714. The summed E-state index contributed by atoms with van der Waals surface area (Å²) in [6, 6.07) is 5.75. The number of phenols is 1. The summed E-state index contributed by atoms with van der Waals surface area (Å²) in [5.41, 5.74) is 2.44. The van der Waals surface area contributed by atoms with Crippen LogP contribution in [0.5, 0.6) is 5.75 Å². The molecule has 0 amide bonds. The number of esters is 1. The van der Waals surface area contributed by atoms with Crippen molar-refractivity contribution < 1.29 is 19.7 Å². The number of aromatic hydroxyl groups is 1. The summed E-state index contributed by atoms with van der Waals surface area (Å²) in [5, 5.41) is 20.7. The van der Waals surface area contributed by atoms with Crippen molar-refractivity contribution in [2.75, 3.05) is 6.61 Å². The van der Waals surface area contributed by atoms with Gasteiger partial charge in [0.15, 0.2) is 0 Å². The lowest BCUT2D eigenvalue weighted by Gasteiger charge is -2.53. The predicted octanol–water partition coefficient (Wildman–Crippen LogP) is 4.18. The number of aliphatic hydroxyl groups excluding tert-OH is 1. The Morgan fingerprint density at radius 3 is 2.89 bits per heavy atom. The summed E-state index contributed by atoms with van der Waals surface area (Å²) in [4.78, 5) is 12.5. The van der Waals surface area contributed by atoms with Gasteiger partial charge in [0, 0.05) is 6.42 Å². The summed E-state index contributed by atoms with van der Waals surface area (Å²) in [6.07, 6.45) is 5.88. The summed E-state index contributed by atoms with van der Waals surface area (Å²) < 4.78 is 5.41. The number of ether oxygens (including phenoxy) is 1. The fourth-order valence-electron chi connectivity index (χ4n) is 6.54. The molecule has 4 nitrogen and oxygen atoms in total. The quantitative estimate of drug-likeness (QED) is 0.778. The lowest BCUT2D eigenvalue weighted by molar-refractivity contribution is -0.147. The van der Waals surface area contributed by atoms with E-state index in [0.29, 0.717) is 36.5 Å². The number of carbonyl (C=O) groups is 1. The molecule has 0 aromatic heterocycles. The van der Waals surface area contributed by atoms with Gasteiger partial charge in [-0.05, 0) is 90.9 Å². The molecule has 0 saturated heterocycles. The maximum atomic E-state index is 12.5. The second kappa shape index (κ2) is 7.12. The molecule has 1 aromatic carbocycles. The Morgan fingerprint density at radius 2 is 2.11 bits per heavy atom. The molecule has 0 spiro atoms. The minimum Gasteiger partial charge on any atom is -0.508 e. The number of phenolic OH excluding ortho intramolecular Hbond substituents is 1. The van der Waals surface area contributed by atoms with E-state index in [2.05, 4.69) is 13.0 Å². The van der Waals surface area contributed by atoms with Crippen LogP contribution in [-0.2, 0) is 16.0 Å². The van der Waals surface area contributed by atoms with Crippen molar-refractivity contribution in [3.05, 3.63) is 29.3 Å². The number of aryl methyl sites for hydroxylation is 1.